The number of hydrogen-bond donors (Lipinski definition) is 2. The second kappa shape index (κ2) is 6.36. The zero-order chi connectivity index (χ0) is 15.4. The number of rotatable bonds is 6. The summed E-state index contributed by atoms with van der Waals surface area (Å²) < 4.78 is 0.252. The van der Waals surface area contributed by atoms with Gasteiger partial charge in [-0.2, -0.15) is 0 Å². The molecule has 1 aliphatic carbocycles. The van der Waals surface area contributed by atoms with E-state index in [0.717, 1.165) is 6.54 Å². The molecule has 1 amide bonds. The van der Waals surface area contributed by atoms with Crippen LogP contribution in [0, 0.1) is 0 Å². The summed E-state index contributed by atoms with van der Waals surface area (Å²) in [6.07, 6.45) is 2.40. The summed E-state index contributed by atoms with van der Waals surface area (Å²) >= 11 is 1.91. The van der Waals surface area contributed by atoms with E-state index < -0.39 is 0 Å². The van der Waals surface area contributed by atoms with E-state index in [1.165, 1.54) is 17.7 Å². The normalized spacial score (nSPS) is 15.1. The van der Waals surface area contributed by atoms with Crippen LogP contribution in [0.15, 0.2) is 47.4 Å². The van der Waals surface area contributed by atoms with Gasteiger partial charge < -0.3 is 10.6 Å². The predicted octanol–water partition coefficient (Wildman–Crippen LogP) is 2.57. The molecule has 6 heteroatoms. The van der Waals surface area contributed by atoms with E-state index in [9.17, 15) is 4.79 Å². The molecule has 0 bridgehead atoms. The van der Waals surface area contributed by atoms with Crippen molar-refractivity contribution in [2.24, 2.45) is 0 Å². The second-order valence-electron chi connectivity index (χ2n) is 5.33. The largest absolute Gasteiger partial charge is 0.367 e. The third-order valence-electron chi connectivity index (χ3n) is 3.60. The molecule has 2 N–H and O–H groups in total. The van der Waals surface area contributed by atoms with E-state index in [-0.39, 0.29) is 10.7 Å². The fourth-order valence-electron chi connectivity index (χ4n) is 2.12. The van der Waals surface area contributed by atoms with Gasteiger partial charge in [0.15, 0.2) is 5.69 Å². The van der Waals surface area contributed by atoms with Crippen LogP contribution in [0.4, 0.5) is 5.82 Å². The number of carbonyl (C=O) groups is 1. The lowest BCUT2D eigenvalue weighted by Gasteiger charge is -2.16. The van der Waals surface area contributed by atoms with E-state index in [1.54, 1.807) is 19.2 Å². The lowest BCUT2D eigenvalue weighted by molar-refractivity contribution is 0.0957. The minimum absolute atomic E-state index is 0.225. The molecule has 1 aliphatic rings. The highest BCUT2D eigenvalue weighted by Crippen LogP contribution is 2.51. The smallest absolute Gasteiger partial charge is 0.271 e. The van der Waals surface area contributed by atoms with E-state index in [0.29, 0.717) is 11.5 Å². The molecule has 1 aromatic carbocycles. The number of anilines is 1. The van der Waals surface area contributed by atoms with E-state index >= 15 is 0 Å². The van der Waals surface area contributed by atoms with Crippen molar-refractivity contribution in [3.8, 4) is 0 Å². The number of thioether (sulfide) groups is 1. The number of nitrogens with one attached hydrogen (secondary N) is 2. The van der Waals surface area contributed by atoms with E-state index in [4.69, 9.17) is 0 Å². The van der Waals surface area contributed by atoms with Crippen molar-refractivity contribution < 1.29 is 4.79 Å². The average molecular weight is 314 g/mol. The third-order valence-corrected chi connectivity index (χ3v) is 5.09. The van der Waals surface area contributed by atoms with Crippen LogP contribution in [-0.2, 0) is 0 Å². The zero-order valence-electron chi connectivity index (χ0n) is 12.4. The Morgan fingerprint density at radius 2 is 1.95 bits per heavy atom. The maximum Gasteiger partial charge on any atom is 0.271 e. The molecule has 0 saturated heterocycles. The Hall–Kier alpha value is -2.08. The number of hydrogen-bond acceptors (Lipinski definition) is 5. The van der Waals surface area contributed by atoms with Crippen molar-refractivity contribution in [3.05, 3.63) is 48.2 Å². The third kappa shape index (κ3) is 3.57. The van der Waals surface area contributed by atoms with E-state index in [2.05, 4.69) is 45.1 Å². The predicted molar refractivity (Wildman–Crippen MR) is 88.2 cm³/mol. The van der Waals surface area contributed by atoms with Crippen LogP contribution in [-0.4, -0.2) is 34.4 Å². The van der Waals surface area contributed by atoms with Gasteiger partial charge in [-0.25, -0.2) is 0 Å². The molecule has 114 valence electrons. The SMILES string of the molecule is CNC(=O)c1ccc(NCC2(Sc3ccccc3)CC2)nn1. The van der Waals surface area contributed by atoms with Crippen molar-refractivity contribution in [1.82, 2.24) is 15.5 Å². The molecule has 5 nitrogen and oxygen atoms in total. The summed E-state index contributed by atoms with van der Waals surface area (Å²) in [4.78, 5) is 12.7. The fraction of sp³-hybridized carbons (Fsp3) is 0.312. The molecular weight excluding hydrogens is 296 g/mol. The summed E-state index contributed by atoms with van der Waals surface area (Å²) in [5.74, 6) is 0.477. The first-order valence-corrected chi connectivity index (χ1v) is 8.06. The quantitative estimate of drug-likeness (QED) is 0.858. The maximum atomic E-state index is 11.4. The summed E-state index contributed by atoms with van der Waals surface area (Å²) in [6, 6.07) is 13.9. The molecule has 0 spiro atoms. The van der Waals surface area contributed by atoms with Gasteiger partial charge in [0.05, 0.1) is 0 Å². The minimum Gasteiger partial charge on any atom is -0.367 e. The first-order chi connectivity index (χ1) is 10.7. The summed E-state index contributed by atoms with van der Waals surface area (Å²) in [7, 11) is 1.58. The van der Waals surface area contributed by atoms with Crippen molar-refractivity contribution in [1.29, 1.82) is 0 Å². The lowest BCUT2D eigenvalue weighted by Crippen LogP contribution is -2.21. The van der Waals surface area contributed by atoms with Crippen LogP contribution >= 0.6 is 11.8 Å². The van der Waals surface area contributed by atoms with Gasteiger partial charge in [-0.15, -0.1) is 22.0 Å². The van der Waals surface area contributed by atoms with Crippen LogP contribution in [0.3, 0.4) is 0 Å². The van der Waals surface area contributed by atoms with Crippen LogP contribution in [0.25, 0.3) is 0 Å². The summed E-state index contributed by atoms with van der Waals surface area (Å²) in [6.45, 7) is 0.848. The Labute approximate surface area is 133 Å². The molecule has 1 saturated carbocycles. The molecule has 1 heterocycles. The fourth-order valence-corrected chi connectivity index (χ4v) is 3.36. The monoisotopic (exact) mass is 314 g/mol. The molecule has 1 fully saturated rings. The molecule has 0 atom stereocenters. The number of carbonyl (C=O) groups excluding carboxylic acids is 1. The van der Waals surface area contributed by atoms with Crippen LogP contribution in [0.1, 0.15) is 23.3 Å². The van der Waals surface area contributed by atoms with Crippen molar-refractivity contribution >= 4 is 23.5 Å². The highest BCUT2D eigenvalue weighted by Gasteiger charge is 2.43. The number of amides is 1. The van der Waals surface area contributed by atoms with Gasteiger partial charge >= 0.3 is 0 Å². The van der Waals surface area contributed by atoms with Gasteiger partial charge in [0.25, 0.3) is 5.91 Å². The highest BCUT2D eigenvalue weighted by atomic mass is 32.2. The van der Waals surface area contributed by atoms with E-state index in [1.807, 2.05) is 17.8 Å². The molecule has 0 unspecified atom stereocenters. The van der Waals surface area contributed by atoms with Gasteiger partial charge in [-0.3, -0.25) is 4.79 Å². The van der Waals surface area contributed by atoms with Gasteiger partial charge in [-0.05, 0) is 37.1 Å². The first-order valence-electron chi connectivity index (χ1n) is 7.25. The van der Waals surface area contributed by atoms with Crippen molar-refractivity contribution in [2.45, 2.75) is 22.5 Å². The van der Waals surface area contributed by atoms with Crippen LogP contribution in [0.2, 0.25) is 0 Å². The molecule has 1 aromatic heterocycles. The lowest BCUT2D eigenvalue weighted by atomic mass is 10.3. The second-order valence-corrected chi connectivity index (χ2v) is 6.88. The minimum atomic E-state index is -0.225. The molecule has 2 aromatic rings. The Bertz CT molecular complexity index is 641. The zero-order valence-corrected chi connectivity index (χ0v) is 13.2. The molecular formula is C16H18N4OS. The molecule has 0 aliphatic heterocycles. The van der Waals surface area contributed by atoms with Gasteiger partial charge in [0, 0.05) is 23.2 Å². The topological polar surface area (TPSA) is 66.9 Å². The molecule has 0 radical (unpaired) electrons. The standard InChI is InChI=1S/C16H18N4OS/c1-17-15(21)13-7-8-14(20-19-13)18-11-16(9-10-16)22-12-5-3-2-4-6-12/h2-8H,9-11H2,1H3,(H,17,21)(H,18,20). The van der Waals surface area contributed by atoms with Gasteiger partial charge in [-0.1, -0.05) is 18.2 Å². The van der Waals surface area contributed by atoms with Crippen LogP contribution < -0.4 is 10.6 Å². The maximum absolute atomic E-state index is 11.4. The number of nitrogens with zero attached hydrogens (tertiary/aromatic N) is 2. The highest BCUT2D eigenvalue weighted by molar-refractivity contribution is 8.01. The van der Waals surface area contributed by atoms with Gasteiger partial charge in [0.1, 0.15) is 5.82 Å². The van der Waals surface area contributed by atoms with Gasteiger partial charge in [0.2, 0.25) is 0 Å². The van der Waals surface area contributed by atoms with Crippen molar-refractivity contribution in [2.75, 3.05) is 18.9 Å². The van der Waals surface area contributed by atoms with Crippen LogP contribution in [0.5, 0.6) is 0 Å². The Kier molecular flexibility index (Phi) is 4.29. The number of benzene rings is 1. The summed E-state index contributed by atoms with van der Waals surface area (Å²) in [5, 5.41) is 13.8. The molecule has 3 rings (SSSR count). The first kappa shape index (κ1) is 14.8. The van der Waals surface area contributed by atoms with Crippen molar-refractivity contribution in [3.63, 3.8) is 0 Å². The molecule has 22 heavy (non-hydrogen) atoms. The summed E-state index contributed by atoms with van der Waals surface area (Å²) in [5.41, 5.74) is 0.327. The Morgan fingerprint density at radius 1 is 1.18 bits per heavy atom. The number of aromatic nitrogens is 2. The average Bonchev–Trinajstić information content (AvgIpc) is 3.33. The Morgan fingerprint density at radius 3 is 2.55 bits per heavy atom. The Balaban J connectivity index is 1.57.